The molecule has 28 heavy (non-hydrogen) atoms. The Morgan fingerprint density at radius 2 is 1.86 bits per heavy atom. The van der Waals surface area contributed by atoms with E-state index < -0.39 is 0 Å². The average molecular weight is 386 g/mol. The summed E-state index contributed by atoms with van der Waals surface area (Å²) in [4.78, 5) is 14.6. The smallest absolute Gasteiger partial charge is 0.258 e. The van der Waals surface area contributed by atoms with Gasteiger partial charge in [-0.25, -0.2) is 4.39 Å². The van der Waals surface area contributed by atoms with Crippen LogP contribution in [0.4, 0.5) is 4.39 Å². The molecule has 5 nitrogen and oxygen atoms in total. The Labute approximate surface area is 165 Å². The van der Waals surface area contributed by atoms with E-state index in [1.807, 2.05) is 32.0 Å². The molecule has 1 aliphatic rings. The lowest BCUT2D eigenvalue weighted by Gasteiger charge is -2.35. The highest BCUT2D eigenvalue weighted by Crippen LogP contribution is 2.22. The molecule has 3 rings (SSSR count). The number of amides is 1. The lowest BCUT2D eigenvalue weighted by atomic mass is 10.0. The fourth-order valence-electron chi connectivity index (χ4n) is 3.25. The number of hydrogen-bond acceptors (Lipinski definition) is 4. The standard InChI is InChI=1S/C22H27FN2O3/c1-16-3-8-20(13-17(16)2)28-15-22(26)24-14-21(25-9-11-27-12-10-25)18-4-6-19(23)7-5-18/h3-8,13,21H,9-12,14-15H2,1-2H3,(H,24,26). The first kappa shape index (κ1) is 20.3. The van der Waals surface area contributed by atoms with Crippen molar-refractivity contribution in [1.29, 1.82) is 0 Å². The van der Waals surface area contributed by atoms with Crippen LogP contribution in [0.1, 0.15) is 22.7 Å². The van der Waals surface area contributed by atoms with Crippen LogP contribution in [-0.4, -0.2) is 50.3 Å². The van der Waals surface area contributed by atoms with Gasteiger partial charge >= 0.3 is 0 Å². The van der Waals surface area contributed by atoms with Gasteiger partial charge in [-0.2, -0.15) is 0 Å². The highest BCUT2D eigenvalue weighted by Gasteiger charge is 2.23. The van der Waals surface area contributed by atoms with Crippen LogP contribution in [0.3, 0.4) is 0 Å². The number of aryl methyl sites for hydroxylation is 2. The van der Waals surface area contributed by atoms with Crippen LogP contribution >= 0.6 is 0 Å². The molecule has 0 aliphatic carbocycles. The summed E-state index contributed by atoms with van der Waals surface area (Å²) in [6.45, 7) is 7.30. The lowest BCUT2D eigenvalue weighted by molar-refractivity contribution is -0.123. The van der Waals surface area contributed by atoms with Crippen LogP contribution in [0.5, 0.6) is 5.75 Å². The highest BCUT2D eigenvalue weighted by molar-refractivity contribution is 5.77. The minimum absolute atomic E-state index is 0.0323. The zero-order valence-corrected chi connectivity index (χ0v) is 16.4. The molecule has 1 unspecified atom stereocenters. The van der Waals surface area contributed by atoms with Gasteiger partial charge in [0, 0.05) is 19.6 Å². The van der Waals surface area contributed by atoms with E-state index in [0.29, 0.717) is 25.5 Å². The second-order valence-corrected chi connectivity index (χ2v) is 7.05. The largest absolute Gasteiger partial charge is 0.484 e. The predicted molar refractivity (Wildman–Crippen MR) is 106 cm³/mol. The second kappa shape index (κ2) is 9.66. The number of benzene rings is 2. The molecule has 0 radical (unpaired) electrons. The van der Waals surface area contributed by atoms with Crippen LogP contribution in [0.2, 0.25) is 0 Å². The molecule has 0 aromatic heterocycles. The highest BCUT2D eigenvalue weighted by atomic mass is 19.1. The molecule has 1 aliphatic heterocycles. The summed E-state index contributed by atoms with van der Waals surface area (Å²) in [5.41, 5.74) is 3.28. The minimum Gasteiger partial charge on any atom is -0.484 e. The minimum atomic E-state index is -0.268. The van der Waals surface area contributed by atoms with Gasteiger partial charge in [0.2, 0.25) is 0 Å². The van der Waals surface area contributed by atoms with E-state index in [1.165, 1.54) is 17.7 Å². The van der Waals surface area contributed by atoms with Crippen LogP contribution in [-0.2, 0) is 9.53 Å². The third-order valence-electron chi connectivity index (χ3n) is 5.08. The Morgan fingerprint density at radius 1 is 1.14 bits per heavy atom. The summed E-state index contributed by atoms with van der Waals surface area (Å²) >= 11 is 0. The quantitative estimate of drug-likeness (QED) is 0.795. The summed E-state index contributed by atoms with van der Waals surface area (Å²) < 4.78 is 24.3. The number of nitrogens with zero attached hydrogens (tertiary/aromatic N) is 1. The van der Waals surface area contributed by atoms with E-state index in [4.69, 9.17) is 9.47 Å². The molecule has 1 heterocycles. The van der Waals surface area contributed by atoms with Crippen LogP contribution in [0.15, 0.2) is 42.5 Å². The van der Waals surface area contributed by atoms with Gasteiger partial charge in [-0.05, 0) is 54.8 Å². The molecule has 0 saturated carbocycles. The third kappa shape index (κ3) is 5.53. The van der Waals surface area contributed by atoms with Gasteiger partial charge in [0.15, 0.2) is 6.61 Å². The second-order valence-electron chi connectivity index (χ2n) is 7.05. The van der Waals surface area contributed by atoms with E-state index in [9.17, 15) is 9.18 Å². The van der Waals surface area contributed by atoms with Gasteiger partial charge in [0.25, 0.3) is 5.91 Å². The van der Waals surface area contributed by atoms with Crippen molar-refractivity contribution in [3.05, 3.63) is 65.0 Å². The summed E-state index contributed by atoms with van der Waals surface area (Å²) in [7, 11) is 0. The average Bonchev–Trinajstić information content (AvgIpc) is 2.71. The predicted octanol–water partition coefficient (Wildman–Crippen LogP) is 3.01. The maximum absolute atomic E-state index is 13.3. The normalized spacial score (nSPS) is 15.8. The first-order valence-electron chi connectivity index (χ1n) is 9.57. The third-order valence-corrected chi connectivity index (χ3v) is 5.08. The number of hydrogen-bond donors (Lipinski definition) is 1. The first-order chi connectivity index (χ1) is 13.5. The molecule has 1 fully saturated rings. The number of halogens is 1. The molecule has 1 atom stereocenters. The maximum Gasteiger partial charge on any atom is 0.258 e. The molecular formula is C22H27FN2O3. The monoisotopic (exact) mass is 386 g/mol. The van der Waals surface area contributed by atoms with E-state index in [0.717, 1.165) is 24.2 Å². The molecule has 6 heteroatoms. The number of ether oxygens (including phenoxy) is 2. The summed E-state index contributed by atoms with van der Waals surface area (Å²) in [5.74, 6) is 0.232. The van der Waals surface area contributed by atoms with Crippen LogP contribution in [0.25, 0.3) is 0 Å². The van der Waals surface area contributed by atoms with Gasteiger partial charge in [0.05, 0.1) is 19.3 Å². The Balaban J connectivity index is 1.58. The topological polar surface area (TPSA) is 50.8 Å². The Bertz CT molecular complexity index is 789. The number of nitrogens with one attached hydrogen (secondary N) is 1. The van der Waals surface area contributed by atoms with E-state index in [2.05, 4.69) is 10.2 Å². The van der Waals surface area contributed by atoms with Crippen molar-refractivity contribution in [1.82, 2.24) is 10.2 Å². The molecule has 0 spiro atoms. The molecule has 2 aromatic carbocycles. The van der Waals surface area contributed by atoms with Gasteiger partial charge < -0.3 is 14.8 Å². The maximum atomic E-state index is 13.3. The van der Waals surface area contributed by atoms with Gasteiger partial charge in [0.1, 0.15) is 11.6 Å². The van der Waals surface area contributed by atoms with Gasteiger partial charge in [-0.1, -0.05) is 18.2 Å². The summed E-state index contributed by atoms with van der Waals surface area (Å²) in [6.07, 6.45) is 0. The van der Waals surface area contributed by atoms with Gasteiger partial charge in [-0.15, -0.1) is 0 Å². The number of carbonyl (C=O) groups is 1. The van der Waals surface area contributed by atoms with Crippen molar-refractivity contribution in [2.24, 2.45) is 0 Å². The Morgan fingerprint density at radius 3 is 2.54 bits per heavy atom. The van der Waals surface area contributed by atoms with Crippen molar-refractivity contribution in [3.63, 3.8) is 0 Å². The van der Waals surface area contributed by atoms with Crippen molar-refractivity contribution in [3.8, 4) is 5.75 Å². The fraction of sp³-hybridized carbons (Fsp3) is 0.409. The SMILES string of the molecule is Cc1ccc(OCC(=O)NCC(c2ccc(F)cc2)N2CCOCC2)cc1C. The van der Waals surface area contributed by atoms with E-state index in [-0.39, 0.29) is 24.4 Å². The van der Waals surface area contributed by atoms with Crippen molar-refractivity contribution in [2.75, 3.05) is 39.5 Å². The molecule has 2 aromatic rings. The first-order valence-corrected chi connectivity index (χ1v) is 9.57. The molecule has 1 saturated heterocycles. The molecule has 1 amide bonds. The summed E-state index contributed by atoms with van der Waals surface area (Å²) in [5, 5.41) is 2.95. The molecule has 150 valence electrons. The molecule has 0 bridgehead atoms. The molecular weight excluding hydrogens is 359 g/mol. The van der Waals surface area contributed by atoms with Crippen LogP contribution in [0, 0.1) is 19.7 Å². The Kier molecular flexibility index (Phi) is 7.01. The van der Waals surface area contributed by atoms with Crippen molar-refractivity contribution >= 4 is 5.91 Å². The van der Waals surface area contributed by atoms with Crippen molar-refractivity contribution in [2.45, 2.75) is 19.9 Å². The zero-order valence-electron chi connectivity index (χ0n) is 16.4. The van der Waals surface area contributed by atoms with Crippen molar-refractivity contribution < 1.29 is 18.7 Å². The fourth-order valence-corrected chi connectivity index (χ4v) is 3.25. The number of morpholine rings is 1. The van der Waals surface area contributed by atoms with E-state index in [1.54, 1.807) is 12.1 Å². The zero-order chi connectivity index (χ0) is 19.9. The van der Waals surface area contributed by atoms with Crippen LogP contribution < -0.4 is 10.1 Å². The molecule has 1 N–H and O–H groups in total. The summed E-state index contributed by atoms with van der Waals surface area (Å²) in [6, 6.07) is 12.2. The number of rotatable bonds is 7. The van der Waals surface area contributed by atoms with Gasteiger partial charge in [-0.3, -0.25) is 9.69 Å². The lowest BCUT2D eigenvalue weighted by Crippen LogP contribution is -2.44. The van der Waals surface area contributed by atoms with E-state index >= 15 is 0 Å². The number of carbonyl (C=O) groups excluding carboxylic acids is 1. The Hall–Kier alpha value is -2.44.